The first-order valence-corrected chi connectivity index (χ1v) is 8.06. The van der Waals surface area contributed by atoms with Gasteiger partial charge in [-0.15, -0.1) is 0 Å². The van der Waals surface area contributed by atoms with E-state index >= 15 is 0 Å². The first-order chi connectivity index (χ1) is 11.6. The van der Waals surface area contributed by atoms with Crippen LogP contribution in [0.3, 0.4) is 0 Å². The van der Waals surface area contributed by atoms with Crippen molar-refractivity contribution >= 4 is 40.9 Å². The van der Waals surface area contributed by atoms with Gasteiger partial charge in [-0.2, -0.15) is 0 Å². The van der Waals surface area contributed by atoms with Crippen LogP contribution in [-0.2, 0) is 16.0 Å². The van der Waals surface area contributed by atoms with Crippen molar-refractivity contribution in [2.75, 3.05) is 4.90 Å². The van der Waals surface area contributed by atoms with Gasteiger partial charge in [0.25, 0.3) is 11.8 Å². The third kappa shape index (κ3) is 3.12. The van der Waals surface area contributed by atoms with Gasteiger partial charge in [0, 0.05) is 0 Å². The molecule has 120 valence electrons. The summed E-state index contributed by atoms with van der Waals surface area (Å²) in [4.78, 5) is 26.3. The van der Waals surface area contributed by atoms with E-state index < -0.39 is 11.8 Å². The Morgan fingerprint density at radius 2 is 1.71 bits per heavy atom. The summed E-state index contributed by atoms with van der Waals surface area (Å²) < 4.78 is 0. The minimum absolute atomic E-state index is 0.0642. The molecule has 1 aliphatic rings. The highest BCUT2D eigenvalue weighted by Crippen LogP contribution is 2.22. The summed E-state index contributed by atoms with van der Waals surface area (Å²) in [5.74, 6) is -0.896. The molecular formula is C19H16N2O2S. The number of hydrogen-bond acceptors (Lipinski definition) is 3. The fraction of sp³-hybridized carbons (Fsp3) is 0.105. The molecule has 1 fully saturated rings. The van der Waals surface area contributed by atoms with E-state index in [9.17, 15) is 9.59 Å². The molecule has 0 aliphatic carbocycles. The average Bonchev–Trinajstić information content (AvgIpc) is 2.60. The molecule has 0 atom stereocenters. The van der Waals surface area contributed by atoms with Gasteiger partial charge < -0.3 is 0 Å². The van der Waals surface area contributed by atoms with Crippen molar-refractivity contribution in [3.05, 3.63) is 71.3 Å². The molecule has 4 nitrogen and oxygen atoms in total. The van der Waals surface area contributed by atoms with Crippen LogP contribution in [0.4, 0.5) is 5.69 Å². The van der Waals surface area contributed by atoms with E-state index in [1.54, 1.807) is 6.08 Å². The zero-order valence-corrected chi connectivity index (χ0v) is 14.0. The van der Waals surface area contributed by atoms with Crippen molar-refractivity contribution < 1.29 is 9.59 Å². The van der Waals surface area contributed by atoms with Crippen molar-refractivity contribution in [2.24, 2.45) is 0 Å². The first-order valence-electron chi connectivity index (χ1n) is 7.65. The first kappa shape index (κ1) is 16.1. The number of carbonyl (C=O) groups excluding carboxylic acids is 2. The number of rotatable bonds is 3. The lowest BCUT2D eigenvalue weighted by atomic mass is 10.1. The summed E-state index contributed by atoms with van der Waals surface area (Å²) in [6.07, 6.45) is 2.49. The summed E-state index contributed by atoms with van der Waals surface area (Å²) >= 11 is 5.19. The number of aryl methyl sites for hydroxylation is 1. The largest absolute Gasteiger partial charge is 0.298 e. The zero-order chi connectivity index (χ0) is 17.1. The maximum Gasteiger partial charge on any atom is 0.270 e. The third-order valence-electron chi connectivity index (χ3n) is 3.82. The van der Waals surface area contributed by atoms with Crippen LogP contribution < -0.4 is 10.2 Å². The van der Waals surface area contributed by atoms with Crippen LogP contribution in [0, 0.1) is 0 Å². The highest BCUT2D eigenvalue weighted by atomic mass is 32.1. The fourth-order valence-electron chi connectivity index (χ4n) is 2.49. The third-order valence-corrected chi connectivity index (χ3v) is 4.10. The summed E-state index contributed by atoms with van der Waals surface area (Å²) in [6.45, 7) is 2.06. The molecule has 0 unspecified atom stereocenters. The monoisotopic (exact) mass is 336 g/mol. The molecule has 1 N–H and O–H groups in total. The number of nitrogens with zero attached hydrogens (tertiary/aromatic N) is 1. The van der Waals surface area contributed by atoms with E-state index in [1.165, 1.54) is 10.5 Å². The van der Waals surface area contributed by atoms with Crippen LogP contribution in [0.5, 0.6) is 0 Å². The van der Waals surface area contributed by atoms with Gasteiger partial charge in [-0.25, -0.2) is 0 Å². The van der Waals surface area contributed by atoms with Crippen LogP contribution in [0.25, 0.3) is 6.08 Å². The minimum Gasteiger partial charge on any atom is -0.298 e. The Morgan fingerprint density at radius 3 is 2.33 bits per heavy atom. The predicted octanol–water partition coefficient (Wildman–Crippen LogP) is 3.08. The van der Waals surface area contributed by atoms with E-state index in [0.29, 0.717) is 5.69 Å². The molecule has 2 aromatic rings. The van der Waals surface area contributed by atoms with E-state index in [0.717, 1.165) is 12.0 Å². The molecule has 1 aliphatic heterocycles. The van der Waals surface area contributed by atoms with Gasteiger partial charge >= 0.3 is 0 Å². The number of anilines is 1. The molecule has 1 heterocycles. The Kier molecular flexibility index (Phi) is 4.53. The molecule has 0 radical (unpaired) electrons. The van der Waals surface area contributed by atoms with Crippen molar-refractivity contribution in [1.29, 1.82) is 0 Å². The Labute approximate surface area is 145 Å². The van der Waals surface area contributed by atoms with Gasteiger partial charge in [-0.05, 0) is 48.0 Å². The van der Waals surface area contributed by atoms with Crippen LogP contribution in [0.15, 0.2) is 60.2 Å². The van der Waals surface area contributed by atoms with Gasteiger partial charge in [-0.3, -0.25) is 19.8 Å². The van der Waals surface area contributed by atoms with Crippen LogP contribution in [0.1, 0.15) is 18.1 Å². The number of amides is 2. The second kappa shape index (κ2) is 6.76. The Morgan fingerprint density at radius 1 is 1.04 bits per heavy atom. The summed E-state index contributed by atoms with van der Waals surface area (Å²) in [6, 6.07) is 16.8. The highest BCUT2D eigenvalue weighted by molar-refractivity contribution is 7.80. The molecule has 5 heteroatoms. The minimum atomic E-state index is -0.477. The van der Waals surface area contributed by atoms with Gasteiger partial charge in [0.15, 0.2) is 5.11 Å². The van der Waals surface area contributed by atoms with Gasteiger partial charge in [0.1, 0.15) is 5.57 Å². The number of carbonyl (C=O) groups is 2. The molecule has 1 saturated heterocycles. The van der Waals surface area contributed by atoms with E-state index in [1.807, 2.05) is 54.6 Å². The molecule has 0 spiro atoms. The maximum atomic E-state index is 12.8. The van der Waals surface area contributed by atoms with Gasteiger partial charge in [0.2, 0.25) is 0 Å². The molecule has 0 saturated carbocycles. The number of benzene rings is 2. The van der Waals surface area contributed by atoms with Crippen molar-refractivity contribution in [3.63, 3.8) is 0 Å². The van der Waals surface area contributed by atoms with Crippen LogP contribution >= 0.6 is 12.2 Å². The SMILES string of the molecule is CCc1ccc(N2C(=O)C(=Cc3ccccc3)C(=O)NC2=S)cc1. The lowest BCUT2D eigenvalue weighted by Gasteiger charge is -2.29. The second-order valence-electron chi connectivity index (χ2n) is 5.39. The molecule has 0 bridgehead atoms. The quantitative estimate of drug-likeness (QED) is 0.532. The number of nitrogens with one attached hydrogen (secondary N) is 1. The lowest BCUT2D eigenvalue weighted by Crippen LogP contribution is -2.54. The molecule has 0 aromatic heterocycles. The summed E-state index contributed by atoms with van der Waals surface area (Å²) in [7, 11) is 0. The van der Waals surface area contributed by atoms with Crippen molar-refractivity contribution in [1.82, 2.24) is 5.32 Å². The number of thiocarbonyl (C=S) groups is 1. The Balaban J connectivity index is 1.98. The summed E-state index contributed by atoms with van der Waals surface area (Å²) in [5.41, 5.74) is 2.65. The van der Waals surface area contributed by atoms with Crippen molar-refractivity contribution in [3.8, 4) is 0 Å². The predicted molar refractivity (Wildman–Crippen MR) is 98.5 cm³/mol. The molecule has 3 rings (SSSR count). The van der Waals surface area contributed by atoms with E-state index in [-0.39, 0.29) is 10.7 Å². The fourth-order valence-corrected chi connectivity index (χ4v) is 2.77. The lowest BCUT2D eigenvalue weighted by molar-refractivity contribution is -0.122. The second-order valence-corrected chi connectivity index (χ2v) is 5.78. The molecule has 24 heavy (non-hydrogen) atoms. The van der Waals surface area contributed by atoms with Crippen LogP contribution in [0.2, 0.25) is 0 Å². The maximum absolute atomic E-state index is 12.8. The molecule has 2 amide bonds. The van der Waals surface area contributed by atoms with Crippen LogP contribution in [-0.4, -0.2) is 16.9 Å². The van der Waals surface area contributed by atoms with Crippen molar-refractivity contribution in [2.45, 2.75) is 13.3 Å². The highest BCUT2D eigenvalue weighted by Gasteiger charge is 2.34. The standard InChI is InChI=1S/C19H16N2O2S/c1-2-13-8-10-15(11-9-13)21-18(23)16(17(22)20-19(21)24)12-14-6-4-3-5-7-14/h3-12H,2H2,1H3,(H,20,22,24). The topological polar surface area (TPSA) is 49.4 Å². The Hall–Kier alpha value is -2.79. The normalized spacial score (nSPS) is 16.5. The smallest absolute Gasteiger partial charge is 0.270 e. The Bertz CT molecular complexity index is 826. The van der Waals surface area contributed by atoms with Gasteiger partial charge in [0.05, 0.1) is 5.69 Å². The molecule has 2 aromatic carbocycles. The molecular weight excluding hydrogens is 320 g/mol. The average molecular weight is 336 g/mol. The van der Waals surface area contributed by atoms with E-state index in [2.05, 4.69) is 12.2 Å². The number of hydrogen-bond donors (Lipinski definition) is 1. The van der Waals surface area contributed by atoms with E-state index in [4.69, 9.17) is 12.2 Å². The summed E-state index contributed by atoms with van der Waals surface area (Å²) in [5, 5.41) is 2.68. The van der Waals surface area contributed by atoms with Gasteiger partial charge in [-0.1, -0.05) is 49.4 Å². The zero-order valence-electron chi connectivity index (χ0n) is 13.2.